The number of piperidine rings is 1. The Balaban J connectivity index is 1.90. The summed E-state index contributed by atoms with van der Waals surface area (Å²) >= 11 is 0. The monoisotopic (exact) mass is 269 g/mol. The summed E-state index contributed by atoms with van der Waals surface area (Å²) in [6.45, 7) is 1.54. The second-order valence-electron chi connectivity index (χ2n) is 5.04. The first-order valence-electron chi connectivity index (χ1n) is 6.65. The molecular weight excluding hydrogens is 252 g/mol. The Morgan fingerprint density at radius 2 is 1.95 bits per heavy atom. The Bertz CT molecular complexity index is 465. The Morgan fingerprint density at radius 1 is 1.16 bits per heavy atom. The molecule has 1 unspecified atom stereocenters. The summed E-state index contributed by atoms with van der Waals surface area (Å²) in [5, 5.41) is 2.74. The van der Waals surface area contributed by atoms with Gasteiger partial charge in [-0.25, -0.2) is 8.78 Å². The molecule has 1 aromatic carbocycles. The minimum absolute atomic E-state index is 0.258. The summed E-state index contributed by atoms with van der Waals surface area (Å²) in [4.78, 5) is 0. The molecule has 0 amide bonds. The minimum Gasteiger partial charge on any atom is -0.490 e. The molecule has 2 aliphatic heterocycles. The number of ether oxygens (including phenoxy) is 2. The highest BCUT2D eigenvalue weighted by molar-refractivity contribution is 5.45. The molecule has 0 spiro atoms. The smallest absolute Gasteiger partial charge is 0.267 e. The van der Waals surface area contributed by atoms with Crippen molar-refractivity contribution in [2.24, 2.45) is 0 Å². The van der Waals surface area contributed by atoms with Gasteiger partial charge in [-0.1, -0.05) is 6.07 Å². The fraction of sp³-hybridized carbons (Fsp3) is 0.571. The third-order valence-corrected chi connectivity index (χ3v) is 3.65. The molecule has 1 saturated heterocycles. The average molecular weight is 269 g/mol. The van der Waals surface area contributed by atoms with E-state index >= 15 is 0 Å². The molecule has 5 heteroatoms. The van der Waals surface area contributed by atoms with E-state index in [0.717, 1.165) is 6.42 Å². The SMILES string of the molecule is FC1(F)CNCCC1c1ccc2c(c1)OCCCO2. The predicted octanol–water partition coefficient (Wildman–Crippen LogP) is 2.56. The first kappa shape index (κ1) is 12.7. The number of halogens is 2. The number of rotatable bonds is 1. The fourth-order valence-electron chi connectivity index (χ4n) is 2.64. The van der Waals surface area contributed by atoms with Crippen molar-refractivity contribution in [1.82, 2.24) is 5.32 Å². The quantitative estimate of drug-likeness (QED) is 0.850. The van der Waals surface area contributed by atoms with Crippen LogP contribution in [0.1, 0.15) is 24.3 Å². The van der Waals surface area contributed by atoms with E-state index in [1.54, 1.807) is 18.2 Å². The lowest BCUT2D eigenvalue weighted by atomic mass is 9.87. The molecule has 19 heavy (non-hydrogen) atoms. The molecule has 0 saturated carbocycles. The van der Waals surface area contributed by atoms with Gasteiger partial charge in [0.25, 0.3) is 5.92 Å². The molecule has 104 valence electrons. The van der Waals surface area contributed by atoms with E-state index in [2.05, 4.69) is 5.32 Å². The van der Waals surface area contributed by atoms with Crippen LogP contribution in [-0.4, -0.2) is 32.2 Å². The van der Waals surface area contributed by atoms with Gasteiger partial charge in [0.1, 0.15) is 0 Å². The molecule has 1 N–H and O–H groups in total. The van der Waals surface area contributed by atoms with Gasteiger partial charge in [0.05, 0.1) is 25.7 Å². The van der Waals surface area contributed by atoms with Crippen molar-refractivity contribution in [1.29, 1.82) is 0 Å². The molecule has 2 heterocycles. The van der Waals surface area contributed by atoms with E-state index in [1.165, 1.54) is 0 Å². The second-order valence-corrected chi connectivity index (χ2v) is 5.04. The molecule has 1 fully saturated rings. The van der Waals surface area contributed by atoms with Crippen LogP contribution in [0.15, 0.2) is 18.2 Å². The van der Waals surface area contributed by atoms with Gasteiger partial charge < -0.3 is 14.8 Å². The van der Waals surface area contributed by atoms with Crippen LogP contribution in [0.5, 0.6) is 11.5 Å². The van der Waals surface area contributed by atoms with Crippen molar-refractivity contribution in [2.45, 2.75) is 24.7 Å². The molecule has 1 atom stereocenters. The van der Waals surface area contributed by atoms with E-state index < -0.39 is 11.8 Å². The van der Waals surface area contributed by atoms with Crippen molar-refractivity contribution in [3.8, 4) is 11.5 Å². The standard InChI is InChI=1S/C14H17F2NO2/c15-14(16)9-17-5-4-11(14)10-2-3-12-13(8-10)19-7-1-6-18-12/h2-3,8,11,17H,1,4-7,9H2. The molecule has 3 nitrogen and oxygen atoms in total. The number of benzene rings is 1. The van der Waals surface area contributed by atoms with Gasteiger partial charge in [0, 0.05) is 6.42 Å². The van der Waals surface area contributed by atoms with Crippen molar-refractivity contribution in [3.63, 3.8) is 0 Å². The largest absolute Gasteiger partial charge is 0.490 e. The van der Waals surface area contributed by atoms with E-state index in [4.69, 9.17) is 9.47 Å². The first-order chi connectivity index (χ1) is 9.17. The van der Waals surface area contributed by atoms with Gasteiger partial charge in [-0.05, 0) is 30.7 Å². The van der Waals surface area contributed by atoms with Gasteiger partial charge in [-0.3, -0.25) is 0 Å². The Kier molecular flexibility index (Phi) is 3.31. The number of alkyl halides is 2. The van der Waals surface area contributed by atoms with Crippen LogP contribution in [0.3, 0.4) is 0 Å². The van der Waals surface area contributed by atoms with Gasteiger partial charge in [-0.15, -0.1) is 0 Å². The van der Waals surface area contributed by atoms with Gasteiger partial charge in [0.2, 0.25) is 0 Å². The number of fused-ring (bicyclic) bond motifs is 1. The molecule has 1 aromatic rings. The normalized spacial score (nSPS) is 25.7. The summed E-state index contributed by atoms with van der Waals surface area (Å²) in [6, 6.07) is 5.19. The second kappa shape index (κ2) is 4.96. The maximum absolute atomic E-state index is 13.9. The van der Waals surface area contributed by atoms with Crippen LogP contribution in [0.4, 0.5) is 8.78 Å². The summed E-state index contributed by atoms with van der Waals surface area (Å²) < 4.78 is 38.9. The van der Waals surface area contributed by atoms with Crippen LogP contribution in [0, 0.1) is 0 Å². The van der Waals surface area contributed by atoms with Gasteiger partial charge in [0.15, 0.2) is 11.5 Å². The highest BCUT2D eigenvalue weighted by Crippen LogP contribution is 2.41. The number of hydrogen-bond donors (Lipinski definition) is 1. The molecule has 3 rings (SSSR count). The maximum Gasteiger partial charge on any atom is 0.267 e. The molecule has 0 aromatic heterocycles. The summed E-state index contributed by atoms with van der Waals surface area (Å²) in [5.41, 5.74) is 0.635. The van der Waals surface area contributed by atoms with E-state index in [1.807, 2.05) is 0 Å². The topological polar surface area (TPSA) is 30.5 Å². The Hall–Kier alpha value is -1.36. The zero-order valence-electron chi connectivity index (χ0n) is 10.6. The average Bonchev–Trinajstić information content (AvgIpc) is 2.62. The molecular formula is C14H17F2NO2. The summed E-state index contributed by atoms with van der Waals surface area (Å²) in [7, 11) is 0. The lowest BCUT2D eigenvalue weighted by molar-refractivity contribution is -0.0420. The Morgan fingerprint density at radius 3 is 2.74 bits per heavy atom. The Labute approximate surface area is 110 Å². The van der Waals surface area contributed by atoms with Crippen molar-refractivity contribution >= 4 is 0 Å². The summed E-state index contributed by atoms with van der Waals surface area (Å²) in [5.74, 6) is -2.22. The summed E-state index contributed by atoms with van der Waals surface area (Å²) in [6.07, 6.45) is 1.25. The van der Waals surface area contributed by atoms with Crippen LogP contribution >= 0.6 is 0 Å². The molecule has 0 aliphatic carbocycles. The number of hydrogen-bond acceptors (Lipinski definition) is 3. The van der Waals surface area contributed by atoms with Crippen molar-refractivity contribution in [2.75, 3.05) is 26.3 Å². The highest BCUT2D eigenvalue weighted by atomic mass is 19.3. The minimum atomic E-state index is -2.71. The lowest BCUT2D eigenvalue weighted by Crippen LogP contribution is -2.44. The van der Waals surface area contributed by atoms with Crippen LogP contribution in [0.2, 0.25) is 0 Å². The van der Waals surface area contributed by atoms with E-state index in [0.29, 0.717) is 43.2 Å². The van der Waals surface area contributed by atoms with Crippen molar-refractivity contribution in [3.05, 3.63) is 23.8 Å². The third-order valence-electron chi connectivity index (χ3n) is 3.65. The zero-order chi connectivity index (χ0) is 13.3. The first-order valence-corrected chi connectivity index (χ1v) is 6.65. The molecule has 0 bridgehead atoms. The van der Waals surface area contributed by atoms with E-state index in [-0.39, 0.29) is 6.54 Å². The molecule has 0 radical (unpaired) electrons. The number of nitrogens with one attached hydrogen (secondary N) is 1. The maximum atomic E-state index is 13.9. The fourth-order valence-corrected chi connectivity index (χ4v) is 2.64. The molecule has 2 aliphatic rings. The third kappa shape index (κ3) is 2.52. The van der Waals surface area contributed by atoms with Gasteiger partial charge >= 0.3 is 0 Å². The zero-order valence-corrected chi connectivity index (χ0v) is 10.6. The lowest BCUT2D eigenvalue weighted by Gasteiger charge is -2.32. The predicted molar refractivity (Wildman–Crippen MR) is 67.2 cm³/mol. The van der Waals surface area contributed by atoms with Crippen LogP contribution < -0.4 is 14.8 Å². The van der Waals surface area contributed by atoms with Crippen LogP contribution in [-0.2, 0) is 0 Å². The highest BCUT2D eigenvalue weighted by Gasteiger charge is 2.42. The van der Waals surface area contributed by atoms with Crippen LogP contribution in [0.25, 0.3) is 0 Å². The van der Waals surface area contributed by atoms with E-state index in [9.17, 15) is 8.78 Å². The van der Waals surface area contributed by atoms with Crippen molar-refractivity contribution < 1.29 is 18.3 Å². The van der Waals surface area contributed by atoms with Gasteiger partial charge in [-0.2, -0.15) is 0 Å².